The predicted molar refractivity (Wildman–Crippen MR) is 64.1 cm³/mol. The first-order valence-electron chi connectivity index (χ1n) is 6.05. The molecular weight excluding hydrogens is 216 g/mol. The molecule has 1 fully saturated rings. The van der Waals surface area contributed by atoms with Gasteiger partial charge in [-0.15, -0.1) is 0 Å². The Labute approximate surface area is 101 Å². The predicted octanol–water partition coefficient (Wildman–Crippen LogP) is 2.14. The average Bonchev–Trinajstić information content (AvgIpc) is 2.32. The van der Waals surface area contributed by atoms with E-state index in [2.05, 4.69) is 0 Å². The maximum Gasteiger partial charge on any atom is 0.309 e. The summed E-state index contributed by atoms with van der Waals surface area (Å²) in [5.41, 5.74) is 1.00. The second kappa shape index (κ2) is 5.32. The standard InChI is InChI=1S/C14H18O3/c1-10(12-7-13(15)8-12)14(16)17-9-11-5-3-2-4-6-11/h2-6,10,12-13,15H,7-9H2,1H3. The van der Waals surface area contributed by atoms with Crippen molar-refractivity contribution in [3.05, 3.63) is 35.9 Å². The topological polar surface area (TPSA) is 46.5 Å². The lowest BCUT2D eigenvalue weighted by molar-refractivity contribution is -0.154. The lowest BCUT2D eigenvalue weighted by atomic mass is 9.74. The normalized spacial score (nSPS) is 24.8. The second-order valence-electron chi connectivity index (χ2n) is 4.77. The number of carbonyl (C=O) groups excluding carboxylic acids is 1. The van der Waals surface area contributed by atoms with Crippen LogP contribution in [0.4, 0.5) is 0 Å². The van der Waals surface area contributed by atoms with Gasteiger partial charge in [0.25, 0.3) is 0 Å². The number of ether oxygens (including phenoxy) is 1. The third-order valence-electron chi connectivity index (χ3n) is 3.45. The maximum atomic E-state index is 11.8. The minimum atomic E-state index is -0.218. The molecule has 0 aliphatic heterocycles. The molecule has 92 valence electrons. The molecule has 1 aliphatic rings. The molecular formula is C14H18O3. The minimum Gasteiger partial charge on any atom is -0.461 e. The first-order valence-corrected chi connectivity index (χ1v) is 6.05. The van der Waals surface area contributed by atoms with Gasteiger partial charge in [-0.1, -0.05) is 37.3 Å². The fourth-order valence-electron chi connectivity index (χ4n) is 2.09. The molecule has 0 saturated heterocycles. The van der Waals surface area contributed by atoms with Crippen molar-refractivity contribution in [1.29, 1.82) is 0 Å². The molecule has 17 heavy (non-hydrogen) atoms. The van der Waals surface area contributed by atoms with Crippen LogP contribution in [0.2, 0.25) is 0 Å². The summed E-state index contributed by atoms with van der Waals surface area (Å²) in [7, 11) is 0. The van der Waals surface area contributed by atoms with Crippen LogP contribution >= 0.6 is 0 Å². The highest BCUT2D eigenvalue weighted by atomic mass is 16.5. The lowest BCUT2D eigenvalue weighted by Crippen LogP contribution is -2.36. The van der Waals surface area contributed by atoms with Crippen molar-refractivity contribution in [1.82, 2.24) is 0 Å². The quantitative estimate of drug-likeness (QED) is 0.812. The Balaban J connectivity index is 1.77. The Hall–Kier alpha value is -1.35. The van der Waals surface area contributed by atoms with Gasteiger partial charge in [0.2, 0.25) is 0 Å². The minimum absolute atomic E-state index is 0.109. The SMILES string of the molecule is CC(C(=O)OCc1ccccc1)C1CC(O)C1. The van der Waals surface area contributed by atoms with Crippen LogP contribution in [-0.4, -0.2) is 17.2 Å². The van der Waals surface area contributed by atoms with Gasteiger partial charge in [0.15, 0.2) is 0 Å². The summed E-state index contributed by atoms with van der Waals surface area (Å²) in [6.45, 7) is 2.21. The van der Waals surface area contributed by atoms with Crippen LogP contribution in [-0.2, 0) is 16.1 Å². The summed E-state index contributed by atoms with van der Waals surface area (Å²) in [6, 6.07) is 9.66. The zero-order valence-corrected chi connectivity index (χ0v) is 10.0. The van der Waals surface area contributed by atoms with Crippen LogP contribution in [0.25, 0.3) is 0 Å². The number of aliphatic hydroxyl groups excluding tert-OH is 1. The van der Waals surface area contributed by atoms with Crippen LogP contribution in [0.15, 0.2) is 30.3 Å². The molecule has 0 heterocycles. The zero-order chi connectivity index (χ0) is 12.3. The first-order chi connectivity index (χ1) is 8.16. The summed E-state index contributed by atoms with van der Waals surface area (Å²) in [6.07, 6.45) is 1.23. The lowest BCUT2D eigenvalue weighted by Gasteiger charge is -2.34. The molecule has 0 bridgehead atoms. The highest BCUT2D eigenvalue weighted by Gasteiger charge is 2.35. The molecule has 0 amide bonds. The number of carbonyl (C=O) groups is 1. The number of benzene rings is 1. The third-order valence-corrected chi connectivity index (χ3v) is 3.45. The van der Waals surface area contributed by atoms with E-state index in [1.165, 1.54) is 0 Å². The number of aliphatic hydroxyl groups is 1. The number of rotatable bonds is 4. The van der Waals surface area contributed by atoms with Gasteiger partial charge in [-0.2, -0.15) is 0 Å². The molecule has 3 nitrogen and oxygen atoms in total. The van der Waals surface area contributed by atoms with Crippen LogP contribution in [0.3, 0.4) is 0 Å². The molecule has 3 heteroatoms. The van der Waals surface area contributed by atoms with Crippen molar-refractivity contribution in [3.8, 4) is 0 Å². The van der Waals surface area contributed by atoms with E-state index in [-0.39, 0.29) is 23.9 Å². The van der Waals surface area contributed by atoms with Gasteiger partial charge in [0.1, 0.15) is 6.61 Å². The molecule has 1 aliphatic carbocycles. The maximum absolute atomic E-state index is 11.8. The molecule has 0 aromatic heterocycles. The van der Waals surface area contributed by atoms with Gasteiger partial charge >= 0.3 is 5.97 Å². The van der Waals surface area contributed by atoms with E-state index in [0.29, 0.717) is 6.61 Å². The molecule has 1 atom stereocenters. The van der Waals surface area contributed by atoms with E-state index >= 15 is 0 Å². The van der Waals surface area contributed by atoms with Crippen LogP contribution in [0.1, 0.15) is 25.3 Å². The van der Waals surface area contributed by atoms with Gasteiger partial charge < -0.3 is 9.84 Å². The molecule has 1 saturated carbocycles. The number of esters is 1. The van der Waals surface area contributed by atoms with Gasteiger partial charge in [-0.3, -0.25) is 4.79 Å². The van der Waals surface area contributed by atoms with Crippen molar-refractivity contribution in [2.75, 3.05) is 0 Å². The summed E-state index contributed by atoms with van der Waals surface area (Å²) < 4.78 is 5.26. The number of hydrogen-bond donors (Lipinski definition) is 1. The highest BCUT2D eigenvalue weighted by Crippen LogP contribution is 2.34. The van der Waals surface area contributed by atoms with Crippen LogP contribution < -0.4 is 0 Å². The Kier molecular flexibility index (Phi) is 3.79. The Morgan fingerprint density at radius 3 is 2.65 bits per heavy atom. The van der Waals surface area contributed by atoms with Crippen molar-refractivity contribution in [2.45, 2.75) is 32.5 Å². The molecule has 2 rings (SSSR count). The fraction of sp³-hybridized carbons (Fsp3) is 0.500. The monoisotopic (exact) mass is 234 g/mol. The fourth-order valence-corrected chi connectivity index (χ4v) is 2.09. The van der Waals surface area contributed by atoms with Gasteiger partial charge in [0, 0.05) is 0 Å². The van der Waals surface area contributed by atoms with Gasteiger partial charge in [-0.25, -0.2) is 0 Å². The van der Waals surface area contributed by atoms with Crippen LogP contribution in [0.5, 0.6) is 0 Å². The summed E-state index contributed by atoms with van der Waals surface area (Å²) in [5, 5.41) is 9.20. The van der Waals surface area contributed by atoms with E-state index in [1.807, 2.05) is 37.3 Å². The molecule has 1 N–H and O–H groups in total. The smallest absolute Gasteiger partial charge is 0.309 e. The van der Waals surface area contributed by atoms with E-state index in [4.69, 9.17) is 4.74 Å². The average molecular weight is 234 g/mol. The van der Waals surface area contributed by atoms with E-state index < -0.39 is 0 Å². The Bertz CT molecular complexity index is 368. The molecule has 1 unspecified atom stereocenters. The largest absolute Gasteiger partial charge is 0.461 e. The van der Waals surface area contributed by atoms with E-state index in [0.717, 1.165) is 18.4 Å². The Morgan fingerprint density at radius 1 is 1.41 bits per heavy atom. The summed E-state index contributed by atoms with van der Waals surface area (Å²) in [5.74, 6) is 0.0149. The van der Waals surface area contributed by atoms with Crippen molar-refractivity contribution in [2.24, 2.45) is 11.8 Å². The summed E-state index contributed by atoms with van der Waals surface area (Å²) >= 11 is 0. The van der Waals surface area contributed by atoms with Crippen molar-refractivity contribution in [3.63, 3.8) is 0 Å². The van der Waals surface area contributed by atoms with Crippen LogP contribution in [0, 0.1) is 11.8 Å². The molecule has 1 aromatic carbocycles. The molecule has 1 aromatic rings. The van der Waals surface area contributed by atoms with Gasteiger partial charge in [0.05, 0.1) is 12.0 Å². The van der Waals surface area contributed by atoms with Gasteiger partial charge in [-0.05, 0) is 24.3 Å². The van der Waals surface area contributed by atoms with E-state index in [1.54, 1.807) is 0 Å². The van der Waals surface area contributed by atoms with Crippen molar-refractivity contribution >= 4 is 5.97 Å². The second-order valence-corrected chi connectivity index (χ2v) is 4.77. The molecule has 0 radical (unpaired) electrons. The Morgan fingerprint density at radius 2 is 2.06 bits per heavy atom. The molecule has 0 spiro atoms. The number of hydrogen-bond acceptors (Lipinski definition) is 3. The first kappa shape index (κ1) is 12.1. The van der Waals surface area contributed by atoms with Crippen molar-refractivity contribution < 1.29 is 14.6 Å². The third kappa shape index (κ3) is 3.07. The summed E-state index contributed by atoms with van der Waals surface area (Å²) in [4.78, 5) is 11.8. The zero-order valence-electron chi connectivity index (χ0n) is 10.0. The van der Waals surface area contributed by atoms with E-state index in [9.17, 15) is 9.90 Å². The highest BCUT2D eigenvalue weighted by molar-refractivity contribution is 5.72.